The molecule has 0 aliphatic carbocycles. The van der Waals surface area contributed by atoms with Crippen molar-refractivity contribution in [2.75, 3.05) is 0 Å². The Labute approximate surface area is 293 Å². The highest BCUT2D eigenvalue weighted by Crippen LogP contribution is 2.49. The van der Waals surface area contributed by atoms with Crippen LogP contribution in [0.15, 0.2) is 154 Å². The molecule has 2 nitrogen and oxygen atoms in total. The molecule has 12 aromatic rings. The average molecular weight is 673 g/mol. The Kier molecular flexibility index (Phi) is 5.29. The fourth-order valence-electron chi connectivity index (χ4n) is 8.33. The lowest BCUT2D eigenvalue weighted by Crippen LogP contribution is -1.89. The minimum Gasteiger partial charge on any atom is -0.456 e. The molecule has 8 aromatic carbocycles. The van der Waals surface area contributed by atoms with E-state index in [0.717, 1.165) is 49.4 Å². The maximum atomic E-state index is 6.57. The molecule has 4 heteroatoms. The molecule has 0 bridgehead atoms. The van der Waals surface area contributed by atoms with Gasteiger partial charge in [-0.05, 0) is 86.6 Å². The van der Waals surface area contributed by atoms with Crippen LogP contribution in [0, 0.1) is 0 Å². The summed E-state index contributed by atoms with van der Waals surface area (Å²) in [5.74, 6) is 0. The number of benzene rings is 8. The van der Waals surface area contributed by atoms with E-state index in [4.69, 9.17) is 8.83 Å². The second kappa shape index (κ2) is 9.82. The van der Waals surface area contributed by atoms with Crippen LogP contribution in [0.5, 0.6) is 0 Å². The molecule has 0 spiro atoms. The Morgan fingerprint density at radius 3 is 1.86 bits per heavy atom. The summed E-state index contributed by atoms with van der Waals surface area (Å²) in [6.07, 6.45) is 0. The fraction of sp³-hybridized carbons (Fsp3) is 0. The van der Waals surface area contributed by atoms with E-state index in [1.165, 1.54) is 67.8 Å². The summed E-state index contributed by atoms with van der Waals surface area (Å²) in [7, 11) is 0. The van der Waals surface area contributed by atoms with Gasteiger partial charge >= 0.3 is 0 Å². The molecular formula is C46H24O2S2. The summed E-state index contributed by atoms with van der Waals surface area (Å²) in [6.45, 7) is 0. The van der Waals surface area contributed by atoms with E-state index in [1.54, 1.807) is 0 Å². The number of rotatable bonds is 2. The molecule has 0 saturated carbocycles. The molecule has 0 N–H and O–H groups in total. The van der Waals surface area contributed by atoms with Gasteiger partial charge in [0.15, 0.2) is 0 Å². The second-order valence-corrected chi connectivity index (χ2v) is 15.3. The maximum absolute atomic E-state index is 6.57. The van der Waals surface area contributed by atoms with Gasteiger partial charge in [0.05, 0.1) is 5.39 Å². The Morgan fingerprint density at radius 1 is 0.380 bits per heavy atom. The van der Waals surface area contributed by atoms with Crippen LogP contribution in [0.2, 0.25) is 0 Å². The molecule has 0 aliphatic heterocycles. The predicted molar refractivity (Wildman–Crippen MR) is 215 cm³/mol. The van der Waals surface area contributed by atoms with Gasteiger partial charge in [-0.15, -0.1) is 22.7 Å². The largest absolute Gasteiger partial charge is 0.456 e. The van der Waals surface area contributed by atoms with Crippen LogP contribution in [0.25, 0.3) is 117 Å². The Morgan fingerprint density at radius 2 is 1.06 bits per heavy atom. The van der Waals surface area contributed by atoms with Crippen LogP contribution in [-0.2, 0) is 0 Å². The van der Waals surface area contributed by atoms with E-state index < -0.39 is 0 Å². The topological polar surface area (TPSA) is 26.3 Å². The summed E-state index contributed by atoms with van der Waals surface area (Å²) in [5, 5.41) is 13.3. The highest BCUT2D eigenvalue weighted by Gasteiger charge is 2.21. The van der Waals surface area contributed by atoms with Crippen LogP contribution in [0.3, 0.4) is 0 Å². The Bertz CT molecular complexity index is 3330. The van der Waals surface area contributed by atoms with E-state index in [-0.39, 0.29) is 0 Å². The second-order valence-electron chi connectivity index (χ2n) is 13.1. The van der Waals surface area contributed by atoms with Gasteiger partial charge in [-0.2, -0.15) is 0 Å². The van der Waals surface area contributed by atoms with E-state index in [9.17, 15) is 0 Å². The Hall–Kier alpha value is -5.94. The van der Waals surface area contributed by atoms with Crippen molar-refractivity contribution >= 4 is 118 Å². The number of hydrogen-bond acceptors (Lipinski definition) is 4. The molecule has 0 radical (unpaired) electrons. The van der Waals surface area contributed by atoms with Gasteiger partial charge in [0, 0.05) is 51.5 Å². The first kappa shape index (κ1) is 26.9. The molecule has 232 valence electrons. The lowest BCUT2D eigenvalue weighted by molar-refractivity contribution is 0.663. The minimum atomic E-state index is 0.839. The first-order valence-corrected chi connectivity index (χ1v) is 18.5. The highest BCUT2D eigenvalue weighted by atomic mass is 32.1. The quantitative estimate of drug-likeness (QED) is 0.171. The smallest absolute Gasteiger partial charge is 0.147 e. The third-order valence-corrected chi connectivity index (χ3v) is 12.8. The summed E-state index contributed by atoms with van der Waals surface area (Å²) in [4.78, 5) is 1.30. The molecule has 0 aliphatic rings. The van der Waals surface area contributed by atoms with Crippen LogP contribution in [-0.4, -0.2) is 0 Å². The average Bonchev–Trinajstić information content (AvgIpc) is 3.94. The zero-order valence-electron chi connectivity index (χ0n) is 26.5. The van der Waals surface area contributed by atoms with Crippen molar-refractivity contribution in [2.24, 2.45) is 0 Å². The zero-order valence-corrected chi connectivity index (χ0v) is 28.1. The van der Waals surface area contributed by atoms with Crippen LogP contribution in [0.1, 0.15) is 0 Å². The molecule has 50 heavy (non-hydrogen) atoms. The number of thiophene rings is 2. The van der Waals surface area contributed by atoms with Gasteiger partial charge in [0.25, 0.3) is 0 Å². The van der Waals surface area contributed by atoms with E-state index in [0.29, 0.717) is 0 Å². The van der Waals surface area contributed by atoms with Gasteiger partial charge in [0.1, 0.15) is 22.3 Å². The molecule has 4 aromatic heterocycles. The van der Waals surface area contributed by atoms with Gasteiger partial charge in [0.2, 0.25) is 0 Å². The lowest BCUT2D eigenvalue weighted by atomic mass is 9.87. The molecule has 0 amide bonds. The number of para-hydroxylation sites is 1. The number of furan rings is 2. The first-order chi connectivity index (χ1) is 24.8. The summed E-state index contributed by atoms with van der Waals surface area (Å²) in [5.41, 5.74) is 7.14. The minimum absolute atomic E-state index is 0.839. The van der Waals surface area contributed by atoms with Crippen molar-refractivity contribution in [3.8, 4) is 21.6 Å². The first-order valence-electron chi connectivity index (χ1n) is 16.8. The summed E-state index contributed by atoms with van der Waals surface area (Å²) < 4.78 is 17.0. The predicted octanol–water partition coefficient (Wildman–Crippen LogP) is 14.7. The van der Waals surface area contributed by atoms with Crippen LogP contribution < -0.4 is 0 Å². The van der Waals surface area contributed by atoms with Crippen molar-refractivity contribution in [3.63, 3.8) is 0 Å². The standard InChI is InChI=1S/C46H24O2S2/c1-3-12-30-28(10-1)41(25-17-19-33-37(23-25)47-36-21-20-32-27-9-5-7-15-35(27)48-45(32)43(33)36)29-11-2-4-13-31(29)42(30)40-24-26-18-22-39-44(46(26)50-40)34-14-6-8-16-38(34)49-39/h1-24H. The van der Waals surface area contributed by atoms with Crippen molar-refractivity contribution in [1.82, 2.24) is 0 Å². The van der Waals surface area contributed by atoms with Gasteiger partial charge in [-0.25, -0.2) is 0 Å². The zero-order chi connectivity index (χ0) is 32.5. The normalized spacial score (nSPS) is 12.4. The fourth-order valence-corrected chi connectivity index (χ4v) is 10.8. The molecule has 0 atom stereocenters. The maximum Gasteiger partial charge on any atom is 0.147 e. The third kappa shape index (κ3) is 3.56. The van der Waals surface area contributed by atoms with E-state index >= 15 is 0 Å². The Balaban J connectivity index is 1.12. The summed E-state index contributed by atoms with van der Waals surface area (Å²) in [6, 6.07) is 52.7. The molecule has 0 fully saturated rings. The third-order valence-electron chi connectivity index (χ3n) is 10.5. The lowest BCUT2D eigenvalue weighted by Gasteiger charge is -2.16. The number of fused-ring (bicyclic) bond motifs is 14. The monoisotopic (exact) mass is 672 g/mol. The van der Waals surface area contributed by atoms with Crippen molar-refractivity contribution in [1.29, 1.82) is 0 Å². The molecule has 0 unspecified atom stereocenters. The molecule has 0 saturated heterocycles. The van der Waals surface area contributed by atoms with Crippen molar-refractivity contribution in [3.05, 3.63) is 146 Å². The van der Waals surface area contributed by atoms with Gasteiger partial charge < -0.3 is 8.83 Å². The molecular weight excluding hydrogens is 649 g/mol. The highest BCUT2D eigenvalue weighted by molar-refractivity contribution is 7.28. The van der Waals surface area contributed by atoms with Crippen LogP contribution >= 0.6 is 22.7 Å². The van der Waals surface area contributed by atoms with Crippen LogP contribution in [0.4, 0.5) is 0 Å². The molecule has 12 rings (SSSR count). The van der Waals surface area contributed by atoms with Gasteiger partial charge in [-0.3, -0.25) is 0 Å². The van der Waals surface area contributed by atoms with Crippen molar-refractivity contribution < 1.29 is 8.83 Å². The SMILES string of the molecule is c1ccc2c(c1)oc1c2ccc2oc3cc(-c4c5ccccc5c(-c5cc6ccc7sc8ccccc8c7c6s5)c5ccccc45)ccc3c21. The summed E-state index contributed by atoms with van der Waals surface area (Å²) >= 11 is 3.80. The number of hydrogen-bond donors (Lipinski definition) is 0. The van der Waals surface area contributed by atoms with Gasteiger partial charge in [-0.1, -0.05) is 97.1 Å². The van der Waals surface area contributed by atoms with E-state index in [1.807, 2.05) is 34.8 Å². The van der Waals surface area contributed by atoms with E-state index in [2.05, 4.69) is 133 Å². The van der Waals surface area contributed by atoms with Crippen molar-refractivity contribution in [2.45, 2.75) is 0 Å². The molecule has 4 heterocycles.